The molecular formula is C32H60O10. The third-order valence-corrected chi connectivity index (χ3v) is 7.74. The normalized spacial score (nSPS) is 23.0. The van der Waals surface area contributed by atoms with Crippen LogP contribution in [0.4, 0.5) is 0 Å². The number of unbranched alkanes of at least 4 members (excludes halogenated alkanes) is 15. The molecule has 248 valence electrons. The van der Waals surface area contributed by atoms with Crippen molar-refractivity contribution >= 4 is 11.9 Å². The van der Waals surface area contributed by atoms with Gasteiger partial charge in [0.05, 0.1) is 13.2 Å². The molecule has 0 aromatic carbocycles. The van der Waals surface area contributed by atoms with Gasteiger partial charge in [-0.1, -0.05) is 110 Å². The summed E-state index contributed by atoms with van der Waals surface area (Å²) in [6.45, 7) is 3.33. The Morgan fingerprint density at radius 3 is 1.62 bits per heavy atom. The summed E-state index contributed by atoms with van der Waals surface area (Å²) in [5, 5.41) is 39.6. The van der Waals surface area contributed by atoms with Crippen LogP contribution in [0.3, 0.4) is 0 Å². The Kier molecular flexibility index (Phi) is 23.1. The number of hydrogen-bond acceptors (Lipinski definition) is 10. The quantitative estimate of drug-likeness (QED) is 0.0807. The second-order valence-electron chi connectivity index (χ2n) is 11.6. The number of aliphatic hydroxyl groups excluding tert-OH is 4. The molecule has 0 aromatic rings. The molecule has 1 heterocycles. The fourth-order valence-electron chi connectivity index (χ4n) is 5.01. The molecule has 0 bridgehead atoms. The van der Waals surface area contributed by atoms with Crippen LogP contribution < -0.4 is 0 Å². The lowest BCUT2D eigenvalue weighted by Gasteiger charge is -2.39. The number of esters is 2. The summed E-state index contributed by atoms with van der Waals surface area (Å²) in [5.74, 6) is -0.812. The van der Waals surface area contributed by atoms with Crippen LogP contribution in [0, 0.1) is 0 Å². The van der Waals surface area contributed by atoms with Crippen LogP contribution in [0.1, 0.15) is 136 Å². The van der Waals surface area contributed by atoms with Gasteiger partial charge in [-0.2, -0.15) is 0 Å². The van der Waals surface area contributed by atoms with E-state index >= 15 is 0 Å². The van der Waals surface area contributed by atoms with E-state index in [9.17, 15) is 30.0 Å². The zero-order chi connectivity index (χ0) is 31.0. The SMILES string of the molecule is CCCCCCCCCCCC(=O)O[C@H](COC(=O)CCCCCCCCCC)CO[C@@H]1O[C@H](CO)[C@H](O)[C@H](O)[C@H]1O. The molecule has 1 aliphatic heterocycles. The molecule has 6 atom stereocenters. The van der Waals surface area contributed by atoms with Gasteiger partial charge in [0, 0.05) is 12.8 Å². The van der Waals surface area contributed by atoms with Crippen LogP contribution in [0.15, 0.2) is 0 Å². The number of hydrogen-bond donors (Lipinski definition) is 4. The first-order chi connectivity index (χ1) is 20.3. The molecule has 1 rings (SSSR count). The maximum atomic E-state index is 12.5. The van der Waals surface area contributed by atoms with Crippen LogP contribution in [0.5, 0.6) is 0 Å². The second-order valence-corrected chi connectivity index (χ2v) is 11.6. The van der Waals surface area contributed by atoms with Gasteiger partial charge in [-0.25, -0.2) is 0 Å². The average Bonchev–Trinajstić information content (AvgIpc) is 2.98. The zero-order valence-electron chi connectivity index (χ0n) is 26.3. The molecule has 0 aromatic heterocycles. The Morgan fingerprint density at radius 1 is 0.643 bits per heavy atom. The summed E-state index contributed by atoms with van der Waals surface area (Å²) in [6.07, 6.45) is 11.4. The predicted octanol–water partition coefficient (Wildman–Crippen LogP) is 4.71. The summed E-state index contributed by atoms with van der Waals surface area (Å²) in [7, 11) is 0. The molecule has 0 unspecified atom stereocenters. The van der Waals surface area contributed by atoms with Crippen LogP contribution in [-0.4, -0.2) is 89.0 Å². The van der Waals surface area contributed by atoms with Crippen LogP contribution >= 0.6 is 0 Å². The number of carbonyl (C=O) groups excluding carboxylic acids is 2. The van der Waals surface area contributed by atoms with Crippen molar-refractivity contribution in [2.45, 2.75) is 173 Å². The average molecular weight is 605 g/mol. The molecule has 4 N–H and O–H groups in total. The zero-order valence-corrected chi connectivity index (χ0v) is 26.3. The molecule has 10 heteroatoms. The van der Waals surface area contributed by atoms with E-state index in [2.05, 4.69) is 13.8 Å². The van der Waals surface area contributed by atoms with E-state index < -0.39 is 49.4 Å². The van der Waals surface area contributed by atoms with Gasteiger partial charge in [0.1, 0.15) is 31.0 Å². The first-order valence-corrected chi connectivity index (χ1v) is 16.6. The van der Waals surface area contributed by atoms with Gasteiger partial charge in [-0.3, -0.25) is 9.59 Å². The standard InChI is InChI=1S/C32H60O10/c1-3-5-7-9-11-13-15-17-19-21-28(35)41-25(23-39-27(34)20-18-16-14-12-10-8-6-4-2)24-40-32-31(38)30(37)29(36)26(22-33)42-32/h25-26,29-33,36-38H,3-24H2,1-2H3/t25-,26-,29+,30+,31-,32-/m1/s1. The minimum absolute atomic E-state index is 0.212. The van der Waals surface area contributed by atoms with Gasteiger partial charge in [-0.15, -0.1) is 0 Å². The highest BCUT2D eigenvalue weighted by atomic mass is 16.7. The molecule has 1 aliphatic rings. The first kappa shape index (κ1) is 38.7. The summed E-state index contributed by atoms with van der Waals surface area (Å²) < 4.78 is 21.9. The smallest absolute Gasteiger partial charge is 0.306 e. The van der Waals surface area contributed by atoms with Crippen molar-refractivity contribution in [3.8, 4) is 0 Å². The van der Waals surface area contributed by atoms with Gasteiger partial charge in [0.15, 0.2) is 12.4 Å². The largest absolute Gasteiger partial charge is 0.462 e. The van der Waals surface area contributed by atoms with E-state index in [1.54, 1.807) is 0 Å². The van der Waals surface area contributed by atoms with Gasteiger partial charge in [0.2, 0.25) is 0 Å². The van der Waals surface area contributed by atoms with Crippen LogP contribution in [0.2, 0.25) is 0 Å². The molecule has 0 saturated carbocycles. The predicted molar refractivity (Wildman–Crippen MR) is 160 cm³/mol. The lowest BCUT2D eigenvalue weighted by atomic mass is 9.99. The molecule has 0 spiro atoms. The molecule has 42 heavy (non-hydrogen) atoms. The van der Waals surface area contributed by atoms with Gasteiger partial charge < -0.3 is 39.4 Å². The number of aliphatic hydroxyl groups is 4. The highest BCUT2D eigenvalue weighted by Crippen LogP contribution is 2.22. The topological polar surface area (TPSA) is 152 Å². The lowest BCUT2D eigenvalue weighted by Crippen LogP contribution is -2.59. The minimum atomic E-state index is -1.59. The maximum Gasteiger partial charge on any atom is 0.306 e. The maximum absolute atomic E-state index is 12.5. The minimum Gasteiger partial charge on any atom is -0.462 e. The van der Waals surface area contributed by atoms with Gasteiger partial charge in [-0.05, 0) is 12.8 Å². The highest BCUT2D eigenvalue weighted by molar-refractivity contribution is 5.70. The Morgan fingerprint density at radius 2 is 1.12 bits per heavy atom. The van der Waals surface area contributed by atoms with Gasteiger partial charge >= 0.3 is 11.9 Å². The number of rotatable bonds is 26. The van der Waals surface area contributed by atoms with E-state index in [4.69, 9.17) is 18.9 Å². The van der Waals surface area contributed by atoms with Crippen molar-refractivity contribution in [1.29, 1.82) is 0 Å². The van der Waals surface area contributed by atoms with Gasteiger partial charge in [0.25, 0.3) is 0 Å². The van der Waals surface area contributed by atoms with Crippen molar-refractivity contribution in [3.05, 3.63) is 0 Å². The molecule has 0 radical (unpaired) electrons. The van der Waals surface area contributed by atoms with E-state index in [1.165, 1.54) is 64.2 Å². The summed E-state index contributed by atoms with van der Waals surface area (Å²) >= 11 is 0. The fourth-order valence-corrected chi connectivity index (χ4v) is 5.01. The Labute approximate surface area is 253 Å². The fraction of sp³-hybridized carbons (Fsp3) is 0.938. The van der Waals surface area contributed by atoms with E-state index in [0.29, 0.717) is 6.42 Å². The number of carbonyl (C=O) groups is 2. The molecule has 0 aliphatic carbocycles. The van der Waals surface area contributed by atoms with E-state index in [-0.39, 0.29) is 32.0 Å². The molecule has 1 fully saturated rings. The molecule has 10 nitrogen and oxygen atoms in total. The van der Waals surface area contributed by atoms with Crippen molar-refractivity contribution in [3.63, 3.8) is 0 Å². The van der Waals surface area contributed by atoms with E-state index in [0.717, 1.165) is 38.5 Å². The first-order valence-electron chi connectivity index (χ1n) is 16.6. The Hall–Kier alpha value is -1.30. The lowest BCUT2D eigenvalue weighted by molar-refractivity contribution is -0.305. The number of ether oxygens (including phenoxy) is 4. The van der Waals surface area contributed by atoms with Crippen molar-refractivity contribution in [2.24, 2.45) is 0 Å². The van der Waals surface area contributed by atoms with Crippen molar-refractivity contribution < 1.29 is 49.0 Å². The highest BCUT2D eigenvalue weighted by Gasteiger charge is 2.44. The Balaban J connectivity index is 2.48. The molecular weight excluding hydrogens is 544 g/mol. The van der Waals surface area contributed by atoms with Crippen LogP contribution in [-0.2, 0) is 28.5 Å². The van der Waals surface area contributed by atoms with E-state index in [1.807, 2.05) is 0 Å². The summed E-state index contributed by atoms with van der Waals surface area (Å²) in [6, 6.07) is 0. The van der Waals surface area contributed by atoms with Crippen molar-refractivity contribution in [1.82, 2.24) is 0 Å². The van der Waals surface area contributed by atoms with Crippen molar-refractivity contribution in [2.75, 3.05) is 19.8 Å². The molecule has 0 amide bonds. The summed E-state index contributed by atoms with van der Waals surface area (Å²) in [4.78, 5) is 24.9. The van der Waals surface area contributed by atoms with Crippen LogP contribution in [0.25, 0.3) is 0 Å². The summed E-state index contributed by atoms with van der Waals surface area (Å²) in [5.41, 5.74) is 0. The third kappa shape index (κ3) is 17.7. The second kappa shape index (κ2) is 25.1. The monoisotopic (exact) mass is 604 g/mol. The third-order valence-electron chi connectivity index (χ3n) is 7.74. The molecule has 1 saturated heterocycles. The Bertz CT molecular complexity index is 674.